The van der Waals surface area contributed by atoms with Gasteiger partial charge in [-0.3, -0.25) is 4.79 Å². The fraction of sp³-hybridized carbons (Fsp3) is 0.300. The Morgan fingerprint density at radius 2 is 1.81 bits per heavy atom. The molecule has 142 valence electrons. The highest BCUT2D eigenvalue weighted by atomic mass is 32.2. The summed E-state index contributed by atoms with van der Waals surface area (Å²) in [6, 6.07) is 14.0. The number of rotatable bonds is 7. The maximum absolute atomic E-state index is 12.7. The lowest BCUT2D eigenvalue weighted by atomic mass is 10.0. The molecule has 0 heterocycles. The van der Waals surface area contributed by atoms with Crippen molar-refractivity contribution in [3.63, 3.8) is 0 Å². The smallest absolute Gasteiger partial charge is 0.242 e. The molecule has 27 heavy (non-hydrogen) atoms. The predicted octanol–water partition coefficient (Wildman–Crippen LogP) is 3.20. The first-order chi connectivity index (χ1) is 12.7. The van der Waals surface area contributed by atoms with Crippen molar-refractivity contribution in [3.8, 4) is 6.07 Å². The number of anilines is 1. The van der Waals surface area contributed by atoms with Crippen LogP contribution in [-0.2, 0) is 14.8 Å². The Morgan fingerprint density at radius 3 is 2.41 bits per heavy atom. The maximum Gasteiger partial charge on any atom is 0.242 e. The fourth-order valence-corrected chi connectivity index (χ4v) is 3.76. The molecule has 0 spiro atoms. The van der Waals surface area contributed by atoms with E-state index in [9.17, 15) is 13.2 Å². The molecule has 0 aromatic heterocycles. The molecule has 6 nitrogen and oxygen atoms in total. The predicted molar refractivity (Wildman–Crippen MR) is 105 cm³/mol. The standard InChI is InChI=1S/C20H23N3O3S/c1-14(2)11-19(20(24)22-17-6-4-5-16(12-17)13-21)23-27(25,26)18-9-7-15(3)8-10-18/h4-10,12,14,19,23H,11H2,1-3H3,(H,22,24). The molecule has 1 unspecified atom stereocenters. The van der Waals surface area contributed by atoms with Crippen molar-refractivity contribution in [1.82, 2.24) is 4.72 Å². The number of carbonyl (C=O) groups is 1. The van der Waals surface area contributed by atoms with E-state index in [4.69, 9.17) is 5.26 Å². The first-order valence-electron chi connectivity index (χ1n) is 8.61. The summed E-state index contributed by atoms with van der Waals surface area (Å²) in [5.41, 5.74) is 1.80. The van der Waals surface area contributed by atoms with Gasteiger partial charge < -0.3 is 5.32 Å². The van der Waals surface area contributed by atoms with Crippen LogP contribution >= 0.6 is 0 Å². The van der Waals surface area contributed by atoms with Gasteiger partial charge >= 0.3 is 0 Å². The quantitative estimate of drug-likeness (QED) is 0.764. The van der Waals surface area contributed by atoms with Gasteiger partial charge in [-0.25, -0.2) is 8.42 Å². The van der Waals surface area contributed by atoms with Crippen LogP contribution in [0.5, 0.6) is 0 Å². The van der Waals surface area contributed by atoms with Gasteiger partial charge in [-0.2, -0.15) is 9.98 Å². The molecule has 0 saturated carbocycles. The number of benzene rings is 2. The summed E-state index contributed by atoms with van der Waals surface area (Å²) in [6.07, 6.45) is 0.342. The summed E-state index contributed by atoms with van der Waals surface area (Å²) in [5.74, 6) is -0.360. The number of hydrogen-bond donors (Lipinski definition) is 2. The van der Waals surface area contributed by atoms with Crippen molar-refractivity contribution in [1.29, 1.82) is 5.26 Å². The summed E-state index contributed by atoms with van der Waals surface area (Å²) in [6.45, 7) is 5.70. The van der Waals surface area contributed by atoms with Crippen molar-refractivity contribution in [2.24, 2.45) is 5.92 Å². The molecule has 0 saturated heterocycles. The van der Waals surface area contributed by atoms with E-state index in [1.165, 1.54) is 12.1 Å². The fourth-order valence-electron chi connectivity index (χ4n) is 2.55. The van der Waals surface area contributed by atoms with E-state index >= 15 is 0 Å². The van der Waals surface area contributed by atoms with Crippen LogP contribution in [0, 0.1) is 24.2 Å². The van der Waals surface area contributed by atoms with Gasteiger partial charge in [0.2, 0.25) is 15.9 Å². The summed E-state index contributed by atoms with van der Waals surface area (Å²) in [7, 11) is -3.84. The van der Waals surface area contributed by atoms with Crippen LogP contribution in [0.4, 0.5) is 5.69 Å². The van der Waals surface area contributed by atoms with Gasteiger partial charge in [0.1, 0.15) is 6.04 Å². The van der Waals surface area contributed by atoms with E-state index < -0.39 is 22.0 Å². The van der Waals surface area contributed by atoms with Gasteiger partial charge in [-0.1, -0.05) is 37.6 Å². The van der Waals surface area contributed by atoms with Crippen LogP contribution < -0.4 is 10.0 Å². The molecule has 2 aromatic rings. The molecule has 2 N–H and O–H groups in total. The van der Waals surface area contributed by atoms with Crippen LogP contribution in [0.3, 0.4) is 0 Å². The Balaban J connectivity index is 2.22. The van der Waals surface area contributed by atoms with E-state index in [1.807, 2.05) is 26.8 Å². The van der Waals surface area contributed by atoms with Crippen molar-refractivity contribution >= 4 is 21.6 Å². The van der Waals surface area contributed by atoms with E-state index in [2.05, 4.69) is 10.0 Å². The van der Waals surface area contributed by atoms with Crippen molar-refractivity contribution < 1.29 is 13.2 Å². The normalized spacial score (nSPS) is 12.4. The minimum Gasteiger partial charge on any atom is -0.325 e. The van der Waals surface area contributed by atoms with Crippen molar-refractivity contribution in [2.75, 3.05) is 5.32 Å². The van der Waals surface area contributed by atoms with Gasteiger partial charge in [-0.15, -0.1) is 0 Å². The average Bonchev–Trinajstić information content (AvgIpc) is 2.61. The average molecular weight is 385 g/mol. The zero-order valence-corrected chi connectivity index (χ0v) is 16.4. The Kier molecular flexibility index (Phi) is 6.72. The zero-order valence-electron chi connectivity index (χ0n) is 15.6. The second-order valence-corrected chi connectivity index (χ2v) is 8.51. The van der Waals surface area contributed by atoms with Crippen LogP contribution in [0.1, 0.15) is 31.4 Å². The lowest BCUT2D eigenvalue weighted by molar-refractivity contribution is -0.118. The molecule has 0 bridgehead atoms. The van der Waals surface area contributed by atoms with Gasteiger partial charge in [0.25, 0.3) is 0 Å². The van der Waals surface area contributed by atoms with Crippen LogP contribution in [-0.4, -0.2) is 20.4 Å². The van der Waals surface area contributed by atoms with Gasteiger partial charge in [0.15, 0.2) is 0 Å². The van der Waals surface area contributed by atoms with Crippen molar-refractivity contribution in [2.45, 2.75) is 38.1 Å². The highest BCUT2D eigenvalue weighted by Crippen LogP contribution is 2.16. The number of nitrogens with one attached hydrogen (secondary N) is 2. The first-order valence-corrected chi connectivity index (χ1v) is 10.1. The monoisotopic (exact) mass is 385 g/mol. The molecule has 0 aliphatic rings. The maximum atomic E-state index is 12.7. The third-order valence-electron chi connectivity index (χ3n) is 3.91. The number of aryl methyl sites for hydroxylation is 1. The largest absolute Gasteiger partial charge is 0.325 e. The molecule has 1 amide bonds. The molecule has 7 heteroatoms. The summed E-state index contributed by atoms with van der Waals surface area (Å²) < 4.78 is 27.8. The summed E-state index contributed by atoms with van der Waals surface area (Å²) >= 11 is 0. The number of nitriles is 1. The van der Waals surface area contributed by atoms with E-state index in [0.29, 0.717) is 17.7 Å². The number of carbonyl (C=O) groups excluding carboxylic acids is 1. The second-order valence-electron chi connectivity index (χ2n) is 6.80. The minimum absolute atomic E-state index is 0.104. The first kappa shape index (κ1) is 20.6. The van der Waals surface area contributed by atoms with Crippen LogP contribution in [0.2, 0.25) is 0 Å². The van der Waals surface area contributed by atoms with E-state index in [1.54, 1.807) is 36.4 Å². The lowest BCUT2D eigenvalue weighted by Crippen LogP contribution is -2.44. The molecule has 0 fully saturated rings. The van der Waals surface area contributed by atoms with Crippen LogP contribution in [0.15, 0.2) is 53.4 Å². The topological polar surface area (TPSA) is 99.1 Å². The van der Waals surface area contributed by atoms with Crippen molar-refractivity contribution in [3.05, 3.63) is 59.7 Å². The Morgan fingerprint density at radius 1 is 1.15 bits per heavy atom. The SMILES string of the molecule is Cc1ccc(S(=O)(=O)NC(CC(C)C)C(=O)Nc2cccc(C#N)c2)cc1. The molecule has 0 aliphatic carbocycles. The number of amides is 1. The molecule has 2 rings (SSSR count). The second kappa shape index (κ2) is 8.80. The Labute approximate surface area is 160 Å². The van der Waals surface area contributed by atoms with E-state index in [0.717, 1.165) is 5.56 Å². The van der Waals surface area contributed by atoms with Gasteiger partial charge in [0.05, 0.1) is 16.5 Å². The minimum atomic E-state index is -3.84. The van der Waals surface area contributed by atoms with Gasteiger partial charge in [0, 0.05) is 5.69 Å². The molecule has 0 aliphatic heterocycles. The third-order valence-corrected chi connectivity index (χ3v) is 5.40. The van der Waals surface area contributed by atoms with Gasteiger partial charge in [-0.05, 0) is 49.6 Å². The lowest BCUT2D eigenvalue weighted by Gasteiger charge is -2.20. The summed E-state index contributed by atoms with van der Waals surface area (Å²) in [5, 5.41) is 11.7. The molecule has 2 aromatic carbocycles. The van der Waals surface area contributed by atoms with E-state index in [-0.39, 0.29) is 10.8 Å². The Bertz CT molecular complexity index is 945. The zero-order chi connectivity index (χ0) is 20.0. The highest BCUT2D eigenvalue weighted by molar-refractivity contribution is 7.89. The number of sulfonamides is 1. The number of hydrogen-bond acceptors (Lipinski definition) is 4. The molecule has 0 radical (unpaired) electrons. The number of nitrogens with zero attached hydrogens (tertiary/aromatic N) is 1. The molecular formula is C20H23N3O3S. The van der Waals surface area contributed by atoms with Crippen LogP contribution in [0.25, 0.3) is 0 Å². The Hall–Kier alpha value is -2.69. The summed E-state index contributed by atoms with van der Waals surface area (Å²) in [4.78, 5) is 12.8. The highest BCUT2D eigenvalue weighted by Gasteiger charge is 2.26. The molecular weight excluding hydrogens is 362 g/mol. The molecule has 1 atom stereocenters. The third kappa shape index (κ3) is 5.91.